The van der Waals surface area contributed by atoms with Crippen LogP contribution in [0, 0.1) is 5.92 Å². The molecule has 1 aliphatic rings. The second kappa shape index (κ2) is 10.0. The molecule has 1 aliphatic carbocycles. The van der Waals surface area contributed by atoms with E-state index in [-0.39, 0.29) is 0 Å². The summed E-state index contributed by atoms with van der Waals surface area (Å²) >= 11 is 0. The second-order valence-corrected chi connectivity index (χ2v) is 8.26. The van der Waals surface area contributed by atoms with E-state index in [4.69, 9.17) is 0 Å². The highest BCUT2D eigenvalue weighted by Crippen LogP contribution is 2.48. The third-order valence-electron chi connectivity index (χ3n) is 6.10. The molecule has 2 nitrogen and oxygen atoms in total. The van der Waals surface area contributed by atoms with Gasteiger partial charge in [-0.25, -0.2) is 8.78 Å². The van der Waals surface area contributed by atoms with Crippen LogP contribution in [0.1, 0.15) is 57.1 Å². The van der Waals surface area contributed by atoms with Crippen LogP contribution < -0.4 is 0 Å². The van der Waals surface area contributed by atoms with Gasteiger partial charge in [-0.1, -0.05) is 93.8 Å². The maximum atomic E-state index is 15.5. The van der Waals surface area contributed by atoms with E-state index in [1.54, 1.807) is 6.08 Å². The van der Waals surface area contributed by atoms with E-state index in [1.165, 1.54) is 24.5 Å². The highest BCUT2D eigenvalue weighted by atomic mass is 19.2. The lowest BCUT2D eigenvalue weighted by Gasteiger charge is -2.35. The highest BCUT2D eigenvalue weighted by Gasteiger charge is 2.43. The maximum absolute atomic E-state index is 15.5. The largest absolute Gasteiger partial charge is 0.480 e. The molecule has 0 amide bonds. The van der Waals surface area contributed by atoms with Gasteiger partial charge in [-0.3, -0.25) is 4.79 Å². The Morgan fingerprint density at radius 2 is 1.71 bits per heavy atom. The molecule has 164 valence electrons. The monoisotopic (exact) mass is 424 g/mol. The number of allylic oxidation sites excluding steroid dienone is 2. The molecular weight excluding hydrogens is 394 g/mol. The molecule has 2 atom stereocenters. The van der Waals surface area contributed by atoms with Crippen LogP contribution in [-0.4, -0.2) is 11.1 Å². The van der Waals surface area contributed by atoms with E-state index in [0.29, 0.717) is 18.4 Å². The number of carbonyl (C=O) groups is 1. The molecule has 0 bridgehead atoms. The number of hydrogen-bond acceptors (Lipinski definition) is 1. The summed E-state index contributed by atoms with van der Waals surface area (Å²) < 4.78 is 30.3. The van der Waals surface area contributed by atoms with E-state index in [1.807, 2.05) is 43.3 Å². The Labute approximate surface area is 183 Å². The van der Waals surface area contributed by atoms with Crippen LogP contribution >= 0.6 is 0 Å². The van der Waals surface area contributed by atoms with E-state index in [2.05, 4.69) is 19.1 Å². The van der Waals surface area contributed by atoms with Crippen LogP contribution in [0.15, 0.2) is 72.3 Å². The zero-order valence-electron chi connectivity index (χ0n) is 18.2. The number of carboxylic acids is 1. The summed E-state index contributed by atoms with van der Waals surface area (Å²) in [5.41, 5.74) is 2.38. The number of aryl methyl sites for hydroxylation is 1. The summed E-state index contributed by atoms with van der Waals surface area (Å²) in [6.07, 6.45) is 8.35. The predicted molar refractivity (Wildman–Crippen MR) is 121 cm³/mol. The van der Waals surface area contributed by atoms with Gasteiger partial charge in [0.15, 0.2) is 5.83 Å². The minimum atomic E-state index is -1.57. The molecule has 31 heavy (non-hydrogen) atoms. The summed E-state index contributed by atoms with van der Waals surface area (Å²) in [4.78, 5) is 11.3. The molecule has 2 unspecified atom stereocenters. The van der Waals surface area contributed by atoms with Crippen molar-refractivity contribution in [3.63, 3.8) is 0 Å². The Balaban J connectivity index is 2.05. The molecule has 0 saturated heterocycles. The van der Waals surface area contributed by atoms with Crippen LogP contribution in [0.4, 0.5) is 8.78 Å². The fraction of sp³-hybridized carbons (Fsp3) is 0.370. The Kier molecular flexibility index (Phi) is 7.42. The van der Waals surface area contributed by atoms with Gasteiger partial charge in [0.05, 0.1) is 5.41 Å². The first-order chi connectivity index (χ1) is 14.9. The van der Waals surface area contributed by atoms with E-state index < -0.39 is 29.0 Å². The summed E-state index contributed by atoms with van der Waals surface area (Å²) in [7, 11) is 0. The van der Waals surface area contributed by atoms with Crippen LogP contribution in [0.3, 0.4) is 0 Å². The number of unbranched alkanes of at least 4 members (excludes halogenated alkanes) is 2. The second-order valence-electron chi connectivity index (χ2n) is 8.26. The molecule has 0 spiro atoms. The van der Waals surface area contributed by atoms with Crippen molar-refractivity contribution in [3.05, 3.63) is 83.5 Å². The minimum absolute atomic E-state index is 0.348. The highest BCUT2D eigenvalue weighted by molar-refractivity contribution is 5.78. The first-order valence-corrected chi connectivity index (χ1v) is 11.1. The van der Waals surface area contributed by atoms with Gasteiger partial charge in [-0.2, -0.15) is 0 Å². The van der Waals surface area contributed by atoms with Gasteiger partial charge in [0.25, 0.3) is 0 Å². The van der Waals surface area contributed by atoms with Gasteiger partial charge >= 0.3 is 5.97 Å². The lowest BCUT2D eigenvalue weighted by Crippen LogP contribution is -2.31. The minimum Gasteiger partial charge on any atom is -0.480 e. The van der Waals surface area contributed by atoms with Gasteiger partial charge in [0.2, 0.25) is 0 Å². The Morgan fingerprint density at radius 3 is 2.35 bits per heavy atom. The SMILES string of the molecule is CCCCCc1ccc(-c2ccccc2C2(CCC)C=CC(C(=O)O)C(F)=C2F)cc1. The number of halogens is 2. The molecule has 1 N–H and O–H groups in total. The molecule has 2 aromatic carbocycles. The van der Waals surface area contributed by atoms with Crippen LogP contribution in [0.2, 0.25) is 0 Å². The van der Waals surface area contributed by atoms with Crippen molar-refractivity contribution >= 4 is 5.97 Å². The zero-order valence-corrected chi connectivity index (χ0v) is 18.2. The standard InChI is InChI=1S/C27H30F2O2/c1-3-5-6-9-19-12-14-20(15-13-19)21-10-7-8-11-23(21)27(17-4-2)18-16-22(26(30)31)24(28)25(27)29/h7-8,10-16,18,22H,3-6,9,17H2,1-2H3,(H,30,31). The number of carboxylic acid groups (broad SMARTS) is 1. The summed E-state index contributed by atoms with van der Waals surface area (Å²) in [5, 5.41) is 9.24. The molecule has 0 fully saturated rings. The van der Waals surface area contributed by atoms with Crippen molar-refractivity contribution in [2.24, 2.45) is 5.92 Å². The average Bonchev–Trinajstić information content (AvgIpc) is 2.78. The van der Waals surface area contributed by atoms with Gasteiger partial charge in [-0.05, 0) is 41.5 Å². The third kappa shape index (κ3) is 4.63. The zero-order chi connectivity index (χ0) is 22.4. The number of hydrogen-bond donors (Lipinski definition) is 1. The fourth-order valence-electron chi connectivity index (χ4n) is 4.44. The van der Waals surface area contributed by atoms with Crippen LogP contribution in [0.5, 0.6) is 0 Å². The Bertz CT molecular complexity index is 975. The summed E-state index contributed by atoms with van der Waals surface area (Å²) in [6.45, 7) is 4.10. The summed E-state index contributed by atoms with van der Waals surface area (Å²) in [5.74, 6) is -5.15. The molecule has 4 heteroatoms. The van der Waals surface area contributed by atoms with Crippen LogP contribution in [0.25, 0.3) is 11.1 Å². The van der Waals surface area contributed by atoms with Gasteiger partial charge in [0.1, 0.15) is 11.7 Å². The van der Waals surface area contributed by atoms with Gasteiger partial charge < -0.3 is 5.11 Å². The van der Waals surface area contributed by atoms with E-state index in [0.717, 1.165) is 24.0 Å². The molecule has 0 heterocycles. The normalized spacial score (nSPS) is 20.8. The first kappa shape index (κ1) is 22.9. The Morgan fingerprint density at radius 1 is 1.00 bits per heavy atom. The first-order valence-electron chi connectivity index (χ1n) is 11.1. The molecule has 3 rings (SSSR count). The van der Waals surface area contributed by atoms with Crippen molar-refractivity contribution in [2.45, 2.75) is 57.8 Å². The van der Waals surface area contributed by atoms with E-state index in [9.17, 15) is 14.3 Å². The Hall–Kier alpha value is -2.75. The lowest BCUT2D eigenvalue weighted by atomic mass is 9.69. The van der Waals surface area contributed by atoms with Crippen LogP contribution in [-0.2, 0) is 16.6 Å². The molecule has 2 aromatic rings. The fourth-order valence-corrected chi connectivity index (χ4v) is 4.44. The third-order valence-corrected chi connectivity index (χ3v) is 6.10. The van der Waals surface area contributed by atoms with Crippen molar-refractivity contribution < 1.29 is 18.7 Å². The van der Waals surface area contributed by atoms with E-state index >= 15 is 4.39 Å². The average molecular weight is 425 g/mol. The molecule has 0 radical (unpaired) electrons. The topological polar surface area (TPSA) is 37.3 Å². The van der Waals surface area contributed by atoms with Gasteiger partial charge in [-0.15, -0.1) is 0 Å². The number of aliphatic carboxylic acids is 1. The molecule has 0 aromatic heterocycles. The predicted octanol–water partition coefficient (Wildman–Crippen LogP) is 7.55. The molecule has 0 aliphatic heterocycles. The number of rotatable bonds is 9. The maximum Gasteiger partial charge on any atom is 0.317 e. The lowest BCUT2D eigenvalue weighted by molar-refractivity contribution is -0.139. The van der Waals surface area contributed by atoms with Crippen molar-refractivity contribution in [3.8, 4) is 11.1 Å². The van der Waals surface area contributed by atoms with Crippen molar-refractivity contribution in [1.29, 1.82) is 0 Å². The van der Waals surface area contributed by atoms with Crippen molar-refractivity contribution in [2.75, 3.05) is 0 Å². The van der Waals surface area contributed by atoms with Crippen molar-refractivity contribution in [1.82, 2.24) is 0 Å². The van der Waals surface area contributed by atoms with Gasteiger partial charge in [0, 0.05) is 0 Å². The smallest absolute Gasteiger partial charge is 0.317 e. The molecular formula is C27H30F2O2. The number of benzene rings is 2. The molecule has 0 saturated carbocycles. The summed E-state index contributed by atoms with van der Waals surface area (Å²) in [6, 6.07) is 15.7. The quantitative estimate of drug-likeness (QED) is 0.333.